The molecule has 1 saturated heterocycles. The second-order valence-electron chi connectivity index (χ2n) is 6.19. The van der Waals surface area contributed by atoms with Crippen molar-refractivity contribution in [3.05, 3.63) is 52.8 Å². The van der Waals surface area contributed by atoms with Gasteiger partial charge in [0.15, 0.2) is 16.7 Å². The van der Waals surface area contributed by atoms with Crippen molar-refractivity contribution in [1.82, 2.24) is 9.88 Å². The van der Waals surface area contributed by atoms with Crippen molar-refractivity contribution in [3.63, 3.8) is 0 Å². The topological polar surface area (TPSA) is 58.0 Å². The van der Waals surface area contributed by atoms with Crippen LogP contribution in [-0.2, 0) is 0 Å². The standard InChI is InChI=1S/C18H18ClN3O2S/c1-10-9-22-16(11-7-12(19)17(23)14(8-11)24-2)15(21-18(22)25-10)13-5-3-4-6-20-13/h3-8,10,15-16,23H,9H2,1-2H3. The highest BCUT2D eigenvalue weighted by Crippen LogP contribution is 2.49. The van der Waals surface area contributed by atoms with Gasteiger partial charge in [0.2, 0.25) is 0 Å². The van der Waals surface area contributed by atoms with Crippen LogP contribution in [0, 0.1) is 0 Å². The fourth-order valence-electron chi connectivity index (χ4n) is 3.40. The number of hydrogen-bond acceptors (Lipinski definition) is 6. The molecule has 1 N–H and O–H groups in total. The van der Waals surface area contributed by atoms with Crippen molar-refractivity contribution in [1.29, 1.82) is 0 Å². The lowest BCUT2D eigenvalue weighted by Gasteiger charge is -2.28. The molecule has 0 radical (unpaired) electrons. The lowest BCUT2D eigenvalue weighted by Crippen LogP contribution is -2.28. The highest BCUT2D eigenvalue weighted by atomic mass is 35.5. The van der Waals surface area contributed by atoms with Crippen molar-refractivity contribution in [2.75, 3.05) is 13.7 Å². The lowest BCUT2D eigenvalue weighted by atomic mass is 9.96. The molecule has 1 aromatic carbocycles. The first-order valence-corrected chi connectivity index (χ1v) is 9.32. The Kier molecular flexibility index (Phi) is 4.25. The van der Waals surface area contributed by atoms with E-state index >= 15 is 0 Å². The Morgan fingerprint density at radius 3 is 2.92 bits per heavy atom. The van der Waals surface area contributed by atoms with Crippen molar-refractivity contribution >= 4 is 28.5 Å². The molecule has 7 heteroatoms. The van der Waals surface area contributed by atoms with E-state index in [2.05, 4.69) is 16.8 Å². The number of amidine groups is 1. The number of benzene rings is 1. The van der Waals surface area contributed by atoms with Gasteiger partial charge in [-0.3, -0.25) is 9.98 Å². The zero-order valence-electron chi connectivity index (χ0n) is 13.9. The Hall–Kier alpha value is -1.92. The van der Waals surface area contributed by atoms with Gasteiger partial charge in [-0.15, -0.1) is 0 Å². The van der Waals surface area contributed by atoms with Gasteiger partial charge < -0.3 is 14.7 Å². The van der Waals surface area contributed by atoms with E-state index in [0.29, 0.717) is 11.0 Å². The maximum absolute atomic E-state index is 10.1. The van der Waals surface area contributed by atoms with Crippen LogP contribution in [0.2, 0.25) is 5.02 Å². The van der Waals surface area contributed by atoms with Crippen LogP contribution in [0.25, 0.3) is 0 Å². The number of phenols is 1. The number of methoxy groups -OCH3 is 1. The Balaban J connectivity index is 1.81. The van der Waals surface area contributed by atoms with Crippen molar-refractivity contribution < 1.29 is 9.84 Å². The molecular weight excluding hydrogens is 358 g/mol. The van der Waals surface area contributed by atoms with Crippen LogP contribution in [0.15, 0.2) is 41.5 Å². The number of hydrogen-bond donors (Lipinski definition) is 1. The summed E-state index contributed by atoms with van der Waals surface area (Å²) >= 11 is 8.02. The minimum Gasteiger partial charge on any atom is -0.503 e. The van der Waals surface area contributed by atoms with Gasteiger partial charge >= 0.3 is 0 Å². The van der Waals surface area contributed by atoms with Crippen LogP contribution in [0.3, 0.4) is 0 Å². The zero-order chi connectivity index (χ0) is 17.6. The molecule has 25 heavy (non-hydrogen) atoms. The van der Waals surface area contributed by atoms with E-state index in [9.17, 15) is 5.11 Å². The second kappa shape index (κ2) is 6.42. The first-order chi connectivity index (χ1) is 12.1. The molecular formula is C18H18ClN3O2S. The third-order valence-corrected chi connectivity index (χ3v) is 5.88. The smallest absolute Gasteiger partial charge is 0.176 e. The molecule has 0 bridgehead atoms. The summed E-state index contributed by atoms with van der Waals surface area (Å²) in [5.41, 5.74) is 1.88. The normalized spacial score (nSPS) is 25.0. The average molecular weight is 376 g/mol. The van der Waals surface area contributed by atoms with E-state index in [4.69, 9.17) is 21.3 Å². The number of rotatable bonds is 3. The summed E-state index contributed by atoms with van der Waals surface area (Å²) in [5.74, 6) is 0.334. The molecule has 0 spiro atoms. The van der Waals surface area contributed by atoms with Crippen molar-refractivity contribution in [2.24, 2.45) is 4.99 Å². The van der Waals surface area contributed by atoms with E-state index in [1.54, 1.807) is 24.0 Å². The van der Waals surface area contributed by atoms with Crippen molar-refractivity contribution in [2.45, 2.75) is 24.3 Å². The van der Waals surface area contributed by atoms with Gasteiger partial charge in [0.05, 0.1) is 23.9 Å². The number of aromatic hydroxyl groups is 1. The molecule has 3 heterocycles. The van der Waals surface area contributed by atoms with Gasteiger partial charge in [-0.25, -0.2) is 0 Å². The third kappa shape index (κ3) is 2.83. The summed E-state index contributed by atoms with van der Waals surface area (Å²) in [7, 11) is 1.52. The molecule has 0 saturated carbocycles. The fourth-order valence-corrected chi connectivity index (χ4v) is 4.71. The summed E-state index contributed by atoms with van der Waals surface area (Å²) in [6, 6.07) is 9.38. The highest BCUT2D eigenvalue weighted by Gasteiger charge is 2.43. The number of aromatic nitrogens is 1. The van der Waals surface area contributed by atoms with Gasteiger partial charge in [0.25, 0.3) is 0 Å². The molecule has 2 aromatic rings. The van der Waals surface area contributed by atoms with Crippen LogP contribution < -0.4 is 4.74 Å². The van der Waals surface area contributed by atoms with Crippen LogP contribution in [0.1, 0.15) is 30.3 Å². The molecule has 0 amide bonds. The van der Waals surface area contributed by atoms with E-state index in [0.717, 1.165) is 23.0 Å². The Morgan fingerprint density at radius 2 is 2.20 bits per heavy atom. The summed E-state index contributed by atoms with van der Waals surface area (Å²) in [4.78, 5) is 11.7. The Labute approximate surface area is 155 Å². The average Bonchev–Trinajstić information content (AvgIpc) is 3.14. The maximum atomic E-state index is 10.1. The number of aliphatic imine (C=N–C) groups is 1. The van der Waals surface area contributed by atoms with Crippen LogP contribution in [0.4, 0.5) is 0 Å². The van der Waals surface area contributed by atoms with Crippen LogP contribution >= 0.6 is 23.4 Å². The molecule has 5 nitrogen and oxygen atoms in total. The largest absolute Gasteiger partial charge is 0.503 e. The van der Waals surface area contributed by atoms with E-state index in [1.807, 2.05) is 24.3 Å². The number of halogens is 1. The van der Waals surface area contributed by atoms with Crippen molar-refractivity contribution in [3.8, 4) is 11.5 Å². The van der Waals surface area contributed by atoms with Crippen LogP contribution in [0.5, 0.6) is 11.5 Å². The van der Waals surface area contributed by atoms with E-state index in [-0.39, 0.29) is 22.9 Å². The second-order valence-corrected chi connectivity index (χ2v) is 8.00. The summed E-state index contributed by atoms with van der Waals surface area (Å²) in [6.07, 6.45) is 1.79. The molecule has 2 aliphatic rings. The summed E-state index contributed by atoms with van der Waals surface area (Å²) in [6.45, 7) is 3.11. The van der Waals surface area contributed by atoms with Crippen LogP contribution in [-0.4, -0.2) is 39.1 Å². The lowest BCUT2D eigenvalue weighted by molar-refractivity contribution is 0.318. The van der Waals surface area contributed by atoms with E-state index < -0.39 is 0 Å². The molecule has 2 aliphatic heterocycles. The zero-order valence-corrected chi connectivity index (χ0v) is 15.5. The molecule has 4 rings (SSSR count). The first-order valence-electron chi connectivity index (χ1n) is 8.07. The molecule has 3 atom stereocenters. The number of ether oxygens (including phenoxy) is 1. The van der Waals surface area contributed by atoms with Gasteiger partial charge in [-0.05, 0) is 29.8 Å². The van der Waals surface area contributed by atoms with E-state index in [1.165, 1.54) is 7.11 Å². The monoisotopic (exact) mass is 375 g/mol. The minimum atomic E-state index is -0.110. The summed E-state index contributed by atoms with van der Waals surface area (Å²) in [5, 5.41) is 11.9. The predicted molar refractivity (Wildman–Crippen MR) is 101 cm³/mol. The molecule has 0 aliphatic carbocycles. The Morgan fingerprint density at radius 1 is 1.36 bits per heavy atom. The molecule has 1 fully saturated rings. The van der Waals surface area contributed by atoms with Gasteiger partial charge in [0, 0.05) is 18.0 Å². The number of pyridine rings is 1. The number of thioether (sulfide) groups is 1. The predicted octanol–water partition coefficient (Wildman–Crippen LogP) is 4.04. The van der Waals surface area contributed by atoms with Gasteiger partial charge in [0.1, 0.15) is 6.04 Å². The number of nitrogens with zero attached hydrogens (tertiary/aromatic N) is 3. The summed E-state index contributed by atoms with van der Waals surface area (Å²) < 4.78 is 5.29. The molecule has 1 aromatic heterocycles. The van der Waals surface area contributed by atoms with Gasteiger partial charge in [-0.2, -0.15) is 0 Å². The SMILES string of the molecule is COc1cc(C2C(c3ccccn3)N=C3SC(C)CN32)cc(Cl)c1O. The number of phenolic OH excluding ortho intramolecular Hbond substituents is 1. The van der Waals surface area contributed by atoms with Gasteiger partial charge in [-0.1, -0.05) is 36.4 Å². The maximum Gasteiger partial charge on any atom is 0.176 e. The molecule has 3 unspecified atom stereocenters. The minimum absolute atomic E-state index is 0.0191. The first kappa shape index (κ1) is 16.5. The Bertz CT molecular complexity index is 831. The highest BCUT2D eigenvalue weighted by molar-refractivity contribution is 8.14. The fraction of sp³-hybridized carbons (Fsp3) is 0.333. The third-order valence-electron chi connectivity index (χ3n) is 4.49. The quantitative estimate of drug-likeness (QED) is 0.877. The number of fused-ring (bicyclic) bond motifs is 1. The molecule has 130 valence electrons.